The summed E-state index contributed by atoms with van der Waals surface area (Å²) in [4.78, 5) is 17.1. The van der Waals surface area contributed by atoms with Gasteiger partial charge < -0.3 is 10.1 Å². The number of amides is 1. The van der Waals surface area contributed by atoms with Gasteiger partial charge in [0.2, 0.25) is 0 Å². The second-order valence-electron chi connectivity index (χ2n) is 6.98. The largest absolute Gasteiger partial charge is 0.493 e. The topological polar surface area (TPSA) is 94.0 Å². The number of anilines is 1. The van der Waals surface area contributed by atoms with Gasteiger partial charge in [-0.1, -0.05) is 5.21 Å². The molecule has 0 bridgehead atoms. The number of aromatic nitrogens is 4. The van der Waals surface area contributed by atoms with Crippen molar-refractivity contribution in [2.24, 2.45) is 0 Å². The van der Waals surface area contributed by atoms with Crippen LogP contribution in [0.15, 0.2) is 29.8 Å². The molecular formula is C19H20N6O2S. The molecule has 1 aromatic carbocycles. The van der Waals surface area contributed by atoms with E-state index in [2.05, 4.69) is 32.0 Å². The molecule has 1 saturated heterocycles. The zero-order valence-corrected chi connectivity index (χ0v) is 16.0. The maximum absolute atomic E-state index is 12.5. The Kier molecular flexibility index (Phi) is 4.53. The number of fused-ring (bicyclic) bond motifs is 1. The molecule has 0 spiro atoms. The van der Waals surface area contributed by atoms with Crippen LogP contribution in [0.5, 0.6) is 5.75 Å². The number of nitrogens with zero attached hydrogens (tertiary/aromatic N) is 4. The molecule has 0 atom stereocenters. The van der Waals surface area contributed by atoms with E-state index in [-0.39, 0.29) is 5.91 Å². The second kappa shape index (κ2) is 7.33. The summed E-state index contributed by atoms with van der Waals surface area (Å²) in [5.41, 5.74) is 3.38. The van der Waals surface area contributed by atoms with Crippen LogP contribution in [0.4, 0.5) is 5.13 Å². The van der Waals surface area contributed by atoms with E-state index >= 15 is 0 Å². The Hall–Kier alpha value is -2.78. The van der Waals surface area contributed by atoms with E-state index in [0.29, 0.717) is 16.9 Å². The number of thiazole rings is 1. The monoisotopic (exact) mass is 396 g/mol. The third-order valence-corrected chi connectivity index (χ3v) is 5.89. The molecule has 2 aromatic heterocycles. The summed E-state index contributed by atoms with van der Waals surface area (Å²) in [6.07, 6.45) is 4.63. The highest BCUT2D eigenvalue weighted by Crippen LogP contribution is 2.32. The van der Waals surface area contributed by atoms with Crippen molar-refractivity contribution in [3.8, 4) is 17.0 Å². The van der Waals surface area contributed by atoms with Crippen molar-refractivity contribution in [1.29, 1.82) is 0 Å². The van der Waals surface area contributed by atoms with Crippen molar-refractivity contribution in [2.45, 2.75) is 25.3 Å². The average molecular weight is 396 g/mol. The molecule has 0 unspecified atom stereocenters. The number of carbonyl (C=O) groups excluding carboxylic acids is 1. The van der Waals surface area contributed by atoms with Crippen LogP contribution in [-0.4, -0.2) is 45.6 Å². The molecule has 4 heterocycles. The van der Waals surface area contributed by atoms with Crippen molar-refractivity contribution < 1.29 is 9.53 Å². The third kappa shape index (κ3) is 3.38. The quantitative estimate of drug-likeness (QED) is 0.704. The molecule has 0 saturated carbocycles. The predicted octanol–water partition coefficient (Wildman–Crippen LogP) is 2.51. The van der Waals surface area contributed by atoms with Gasteiger partial charge in [-0.05, 0) is 49.7 Å². The van der Waals surface area contributed by atoms with Crippen LogP contribution in [0.2, 0.25) is 0 Å². The number of ether oxygens (including phenoxy) is 1. The Balaban J connectivity index is 1.28. The molecule has 8 nitrogen and oxygen atoms in total. The van der Waals surface area contributed by atoms with Crippen LogP contribution in [0.25, 0.3) is 11.3 Å². The first-order valence-electron chi connectivity index (χ1n) is 9.42. The van der Waals surface area contributed by atoms with Gasteiger partial charge in [-0.25, -0.2) is 9.67 Å². The maximum Gasteiger partial charge on any atom is 0.279 e. The summed E-state index contributed by atoms with van der Waals surface area (Å²) in [7, 11) is 0. The van der Waals surface area contributed by atoms with Gasteiger partial charge in [0.1, 0.15) is 5.75 Å². The number of hydrogen-bond acceptors (Lipinski definition) is 7. The number of carbonyl (C=O) groups is 1. The van der Waals surface area contributed by atoms with Gasteiger partial charge in [-0.2, -0.15) is 0 Å². The Bertz CT molecular complexity index is 1010. The Morgan fingerprint density at radius 2 is 2.21 bits per heavy atom. The summed E-state index contributed by atoms with van der Waals surface area (Å²) in [6, 6.07) is 6.38. The maximum atomic E-state index is 12.5. The molecule has 3 aromatic rings. The summed E-state index contributed by atoms with van der Waals surface area (Å²) in [5.74, 6) is 0.660. The number of piperidine rings is 1. The summed E-state index contributed by atoms with van der Waals surface area (Å²) in [5, 5.41) is 16.8. The summed E-state index contributed by atoms with van der Waals surface area (Å²) in [6.45, 7) is 2.65. The molecule has 2 aliphatic heterocycles. The normalized spacial score (nSPS) is 16.6. The number of benzene rings is 1. The van der Waals surface area contributed by atoms with Crippen LogP contribution in [0.3, 0.4) is 0 Å². The minimum absolute atomic E-state index is 0.288. The molecule has 1 fully saturated rings. The molecule has 0 aliphatic carbocycles. The highest BCUT2D eigenvalue weighted by Gasteiger charge is 2.20. The van der Waals surface area contributed by atoms with Gasteiger partial charge in [0, 0.05) is 17.4 Å². The first-order valence-corrected chi connectivity index (χ1v) is 10.3. The lowest BCUT2D eigenvalue weighted by atomic mass is 10.1. The molecule has 0 radical (unpaired) electrons. The molecule has 144 valence electrons. The molecule has 2 N–H and O–H groups in total. The Labute approximate surface area is 165 Å². The predicted molar refractivity (Wildman–Crippen MR) is 106 cm³/mol. The SMILES string of the molecule is O=C(Nc1nc(-c2ccc3c(c2)CCO3)cs1)c1cn(C2CCNCC2)nn1. The minimum Gasteiger partial charge on any atom is -0.493 e. The van der Waals surface area contributed by atoms with Gasteiger partial charge in [-0.15, -0.1) is 16.4 Å². The van der Waals surface area contributed by atoms with Crippen LogP contribution >= 0.6 is 11.3 Å². The van der Waals surface area contributed by atoms with Crippen molar-refractivity contribution in [2.75, 3.05) is 25.0 Å². The van der Waals surface area contributed by atoms with E-state index in [1.165, 1.54) is 16.9 Å². The molecule has 5 rings (SSSR count). The Morgan fingerprint density at radius 3 is 3.11 bits per heavy atom. The molecular weight excluding hydrogens is 376 g/mol. The minimum atomic E-state index is -0.288. The fraction of sp³-hybridized carbons (Fsp3) is 0.368. The van der Waals surface area contributed by atoms with Crippen molar-refractivity contribution in [3.63, 3.8) is 0 Å². The fourth-order valence-electron chi connectivity index (χ4n) is 3.60. The smallest absolute Gasteiger partial charge is 0.279 e. The zero-order valence-electron chi connectivity index (χ0n) is 15.2. The third-order valence-electron chi connectivity index (χ3n) is 5.14. The summed E-state index contributed by atoms with van der Waals surface area (Å²) < 4.78 is 7.35. The van der Waals surface area contributed by atoms with Crippen molar-refractivity contribution in [3.05, 3.63) is 41.0 Å². The van der Waals surface area contributed by atoms with Gasteiger partial charge in [-0.3, -0.25) is 10.1 Å². The van der Waals surface area contributed by atoms with Crippen LogP contribution in [-0.2, 0) is 6.42 Å². The first-order chi connectivity index (χ1) is 13.8. The zero-order chi connectivity index (χ0) is 18.9. The summed E-state index contributed by atoms with van der Waals surface area (Å²) >= 11 is 1.40. The Morgan fingerprint density at radius 1 is 1.32 bits per heavy atom. The molecule has 2 aliphatic rings. The lowest BCUT2D eigenvalue weighted by Gasteiger charge is -2.21. The van der Waals surface area contributed by atoms with Gasteiger partial charge in [0.25, 0.3) is 5.91 Å². The van der Waals surface area contributed by atoms with Gasteiger partial charge in [0.05, 0.1) is 24.5 Å². The van der Waals surface area contributed by atoms with E-state index in [1.807, 2.05) is 17.5 Å². The fourth-order valence-corrected chi connectivity index (χ4v) is 4.32. The average Bonchev–Trinajstić information content (AvgIpc) is 3.48. The van der Waals surface area contributed by atoms with E-state index in [4.69, 9.17) is 4.74 Å². The van der Waals surface area contributed by atoms with Crippen molar-refractivity contribution >= 4 is 22.4 Å². The second-order valence-corrected chi connectivity index (χ2v) is 7.84. The van der Waals surface area contributed by atoms with E-state index in [9.17, 15) is 4.79 Å². The number of rotatable bonds is 4. The standard InChI is InChI=1S/C19H20N6O2S/c26-18(15-10-25(24-23-15)14-3-6-20-7-4-14)22-19-21-16(11-28-19)12-1-2-17-13(9-12)5-8-27-17/h1-2,9-11,14,20H,3-8H2,(H,21,22,26). The van der Waals surface area contributed by atoms with Crippen LogP contribution in [0.1, 0.15) is 34.9 Å². The number of hydrogen-bond donors (Lipinski definition) is 2. The highest BCUT2D eigenvalue weighted by atomic mass is 32.1. The molecule has 28 heavy (non-hydrogen) atoms. The first kappa shape index (κ1) is 17.3. The highest BCUT2D eigenvalue weighted by molar-refractivity contribution is 7.14. The number of nitrogens with one attached hydrogen (secondary N) is 2. The lowest BCUT2D eigenvalue weighted by Crippen LogP contribution is -2.29. The van der Waals surface area contributed by atoms with E-state index in [0.717, 1.165) is 56.0 Å². The van der Waals surface area contributed by atoms with E-state index < -0.39 is 0 Å². The van der Waals surface area contributed by atoms with Crippen molar-refractivity contribution in [1.82, 2.24) is 25.3 Å². The van der Waals surface area contributed by atoms with Gasteiger partial charge in [0.15, 0.2) is 10.8 Å². The van der Waals surface area contributed by atoms with E-state index in [1.54, 1.807) is 10.9 Å². The van der Waals surface area contributed by atoms with Gasteiger partial charge >= 0.3 is 0 Å². The van der Waals surface area contributed by atoms with Crippen LogP contribution in [0, 0.1) is 0 Å². The lowest BCUT2D eigenvalue weighted by molar-refractivity contribution is 0.102. The molecule has 9 heteroatoms. The molecule has 1 amide bonds. The van der Waals surface area contributed by atoms with Crippen LogP contribution < -0.4 is 15.4 Å².